The Morgan fingerprint density at radius 1 is 1.15 bits per heavy atom. The number of pyridine rings is 1. The van der Waals surface area contributed by atoms with Gasteiger partial charge in [0.25, 0.3) is 0 Å². The second-order valence-corrected chi connectivity index (χ2v) is 6.56. The molecule has 27 heavy (non-hydrogen) atoms. The molecule has 0 radical (unpaired) electrons. The number of rotatable bonds is 6. The maximum atomic E-state index is 5.72. The van der Waals surface area contributed by atoms with Crippen molar-refractivity contribution in [1.29, 1.82) is 0 Å². The third kappa shape index (κ3) is 5.36. The quantitative estimate of drug-likeness (QED) is 0.628. The normalized spacial score (nSPS) is 15.0. The molecule has 2 heterocycles. The van der Waals surface area contributed by atoms with Crippen LogP contribution in [0.2, 0.25) is 0 Å². The second-order valence-electron chi connectivity index (χ2n) is 6.56. The number of piperazine rings is 1. The first-order valence-electron chi connectivity index (χ1n) is 9.63. The van der Waals surface area contributed by atoms with E-state index in [-0.39, 0.29) is 0 Å². The minimum absolute atomic E-state index is 0.733. The van der Waals surface area contributed by atoms with Gasteiger partial charge in [0.2, 0.25) is 0 Å². The third-order valence-corrected chi connectivity index (χ3v) is 4.59. The monoisotopic (exact) mass is 367 g/mol. The lowest BCUT2D eigenvalue weighted by Crippen LogP contribution is -2.52. The van der Waals surface area contributed by atoms with Crippen molar-refractivity contribution in [3.63, 3.8) is 0 Å². The molecule has 1 N–H and O–H groups in total. The zero-order valence-corrected chi connectivity index (χ0v) is 16.3. The van der Waals surface area contributed by atoms with Crippen molar-refractivity contribution in [3.8, 4) is 5.75 Å². The smallest absolute Gasteiger partial charge is 0.194 e. The van der Waals surface area contributed by atoms with Gasteiger partial charge in [-0.05, 0) is 36.2 Å². The largest absolute Gasteiger partial charge is 0.494 e. The fraction of sp³-hybridized carbons (Fsp3) is 0.429. The minimum Gasteiger partial charge on any atom is -0.494 e. The van der Waals surface area contributed by atoms with Crippen molar-refractivity contribution in [1.82, 2.24) is 15.2 Å². The lowest BCUT2D eigenvalue weighted by Gasteiger charge is -2.37. The molecule has 0 unspecified atom stereocenters. The molecule has 6 nitrogen and oxygen atoms in total. The van der Waals surface area contributed by atoms with Crippen molar-refractivity contribution >= 4 is 11.8 Å². The Morgan fingerprint density at radius 2 is 2.00 bits per heavy atom. The molecule has 1 fully saturated rings. The Kier molecular flexibility index (Phi) is 6.90. The van der Waals surface area contributed by atoms with Gasteiger partial charge in [-0.25, -0.2) is 4.98 Å². The number of nitrogens with zero attached hydrogens (tertiary/aromatic N) is 4. The van der Waals surface area contributed by atoms with Crippen molar-refractivity contribution in [2.45, 2.75) is 19.9 Å². The summed E-state index contributed by atoms with van der Waals surface area (Å²) in [4.78, 5) is 13.5. The molecular weight excluding hydrogens is 338 g/mol. The molecule has 1 aromatic carbocycles. The first-order chi connectivity index (χ1) is 13.3. The van der Waals surface area contributed by atoms with Crippen LogP contribution >= 0.6 is 0 Å². The zero-order valence-electron chi connectivity index (χ0n) is 16.3. The maximum Gasteiger partial charge on any atom is 0.194 e. The van der Waals surface area contributed by atoms with Gasteiger partial charge >= 0.3 is 0 Å². The van der Waals surface area contributed by atoms with Gasteiger partial charge in [0.1, 0.15) is 11.6 Å². The summed E-state index contributed by atoms with van der Waals surface area (Å²) in [6.45, 7) is 7.33. The average Bonchev–Trinajstić information content (AvgIpc) is 2.74. The standard InChI is InChI=1S/C21H29N5O/c1-3-15-27-19-8-6-7-18(16-19)17-24-21(22-2)26-13-11-25(12-14-26)20-9-4-5-10-23-20/h4-10,16H,3,11-15,17H2,1-2H3,(H,22,24). The molecule has 1 saturated heterocycles. The number of aliphatic imine (C=N–C) groups is 1. The first-order valence-corrected chi connectivity index (χ1v) is 9.63. The summed E-state index contributed by atoms with van der Waals surface area (Å²) >= 11 is 0. The van der Waals surface area contributed by atoms with Crippen molar-refractivity contribution in [3.05, 3.63) is 54.2 Å². The summed E-state index contributed by atoms with van der Waals surface area (Å²) in [6, 6.07) is 14.3. The fourth-order valence-corrected chi connectivity index (χ4v) is 3.17. The lowest BCUT2D eigenvalue weighted by atomic mass is 10.2. The molecule has 0 spiro atoms. The molecule has 0 amide bonds. The van der Waals surface area contributed by atoms with Gasteiger partial charge < -0.3 is 19.9 Å². The van der Waals surface area contributed by atoms with Gasteiger partial charge in [-0.1, -0.05) is 25.1 Å². The summed E-state index contributed by atoms with van der Waals surface area (Å²) in [6.07, 6.45) is 2.86. The number of hydrogen-bond donors (Lipinski definition) is 1. The van der Waals surface area contributed by atoms with Gasteiger partial charge in [-0.3, -0.25) is 4.99 Å². The van der Waals surface area contributed by atoms with Gasteiger partial charge in [-0.15, -0.1) is 0 Å². The predicted octanol–water partition coefficient (Wildman–Crippen LogP) is 2.77. The highest BCUT2D eigenvalue weighted by Gasteiger charge is 2.20. The number of nitrogens with one attached hydrogen (secondary N) is 1. The molecule has 6 heteroatoms. The minimum atomic E-state index is 0.733. The molecule has 0 bridgehead atoms. The van der Waals surface area contributed by atoms with Gasteiger partial charge in [0.15, 0.2) is 5.96 Å². The van der Waals surface area contributed by atoms with E-state index < -0.39 is 0 Å². The molecule has 144 valence electrons. The Balaban J connectivity index is 1.51. The van der Waals surface area contributed by atoms with E-state index in [2.05, 4.69) is 50.2 Å². The van der Waals surface area contributed by atoms with Crippen LogP contribution in [0.4, 0.5) is 5.82 Å². The predicted molar refractivity (Wildman–Crippen MR) is 110 cm³/mol. The molecule has 2 aromatic rings. The maximum absolute atomic E-state index is 5.72. The summed E-state index contributed by atoms with van der Waals surface area (Å²) in [5.41, 5.74) is 1.19. The van der Waals surface area contributed by atoms with Crippen LogP contribution in [0.15, 0.2) is 53.7 Å². The average molecular weight is 367 g/mol. The summed E-state index contributed by atoms with van der Waals surface area (Å²) in [5.74, 6) is 2.91. The molecular formula is C21H29N5O. The topological polar surface area (TPSA) is 53.0 Å². The van der Waals surface area contributed by atoms with Crippen LogP contribution in [0.1, 0.15) is 18.9 Å². The van der Waals surface area contributed by atoms with E-state index in [0.717, 1.165) is 63.3 Å². The molecule has 1 aliphatic heterocycles. The highest BCUT2D eigenvalue weighted by atomic mass is 16.5. The van der Waals surface area contributed by atoms with Crippen molar-refractivity contribution in [2.75, 3.05) is 44.7 Å². The first kappa shape index (κ1) is 19.0. The van der Waals surface area contributed by atoms with Gasteiger partial charge in [0, 0.05) is 46.0 Å². The van der Waals surface area contributed by atoms with Crippen LogP contribution in [-0.4, -0.2) is 55.7 Å². The molecule has 3 rings (SSSR count). The molecule has 1 aromatic heterocycles. The van der Waals surface area contributed by atoms with E-state index in [4.69, 9.17) is 4.74 Å². The SMILES string of the molecule is CCCOc1cccc(CNC(=NC)N2CCN(c3ccccn3)CC2)c1. The number of benzene rings is 1. The van der Waals surface area contributed by atoms with Crippen LogP contribution in [0.25, 0.3) is 0 Å². The summed E-state index contributed by atoms with van der Waals surface area (Å²) in [7, 11) is 1.84. The van der Waals surface area contributed by atoms with Gasteiger partial charge in [0.05, 0.1) is 6.61 Å². The van der Waals surface area contributed by atoms with E-state index in [0.29, 0.717) is 0 Å². The Bertz CT molecular complexity index is 726. The Labute approximate surface area is 161 Å². The summed E-state index contributed by atoms with van der Waals surface area (Å²) < 4.78 is 5.72. The van der Waals surface area contributed by atoms with Crippen molar-refractivity contribution < 1.29 is 4.74 Å². The van der Waals surface area contributed by atoms with Crippen LogP contribution in [0.5, 0.6) is 5.75 Å². The molecule has 0 aliphatic carbocycles. The number of hydrogen-bond acceptors (Lipinski definition) is 4. The third-order valence-electron chi connectivity index (χ3n) is 4.59. The lowest BCUT2D eigenvalue weighted by molar-refractivity contribution is 0.317. The van der Waals surface area contributed by atoms with E-state index in [1.54, 1.807) is 0 Å². The van der Waals surface area contributed by atoms with Crippen molar-refractivity contribution in [2.24, 2.45) is 4.99 Å². The number of ether oxygens (including phenoxy) is 1. The van der Waals surface area contributed by atoms with E-state index in [1.165, 1.54) is 5.56 Å². The molecule has 0 atom stereocenters. The van der Waals surface area contributed by atoms with E-state index in [9.17, 15) is 0 Å². The zero-order chi connectivity index (χ0) is 18.9. The van der Waals surface area contributed by atoms with Crippen LogP contribution < -0.4 is 15.0 Å². The molecule has 1 aliphatic rings. The number of anilines is 1. The van der Waals surface area contributed by atoms with E-state index >= 15 is 0 Å². The number of aromatic nitrogens is 1. The Hall–Kier alpha value is -2.76. The highest BCUT2D eigenvalue weighted by Crippen LogP contribution is 2.15. The van der Waals surface area contributed by atoms with E-state index in [1.807, 2.05) is 37.5 Å². The summed E-state index contributed by atoms with van der Waals surface area (Å²) in [5, 5.41) is 3.48. The second kappa shape index (κ2) is 9.80. The highest BCUT2D eigenvalue weighted by molar-refractivity contribution is 5.80. The van der Waals surface area contributed by atoms with Crippen LogP contribution in [0, 0.1) is 0 Å². The fourth-order valence-electron chi connectivity index (χ4n) is 3.17. The van der Waals surface area contributed by atoms with Gasteiger partial charge in [-0.2, -0.15) is 0 Å². The Morgan fingerprint density at radius 3 is 2.70 bits per heavy atom. The van der Waals surface area contributed by atoms with Crippen LogP contribution in [0.3, 0.4) is 0 Å². The molecule has 0 saturated carbocycles. The van der Waals surface area contributed by atoms with Crippen LogP contribution in [-0.2, 0) is 6.54 Å². The number of guanidine groups is 1.